The largest absolute Gasteiger partial charge is 0.393 e. The van der Waals surface area contributed by atoms with Gasteiger partial charge in [-0.15, -0.1) is 0 Å². The van der Waals surface area contributed by atoms with Crippen LogP contribution in [-0.4, -0.2) is 37.0 Å². The Morgan fingerprint density at radius 1 is 1.40 bits per heavy atom. The van der Waals surface area contributed by atoms with E-state index in [4.69, 9.17) is 4.74 Å². The van der Waals surface area contributed by atoms with Crippen LogP contribution in [0.5, 0.6) is 0 Å². The minimum atomic E-state index is -0.0669. The molecule has 3 heteroatoms. The van der Waals surface area contributed by atoms with Crippen molar-refractivity contribution >= 4 is 0 Å². The first-order chi connectivity index (χ1) is 7.18. The second-order valence-electron chi connectivity index (χ2n) is 4.47. The maximum atomic E-state index is 9.34. The minimum absolute atomic E-state index is 0.0669. The highest BCUT2D eigenvalue weighted by Crippen LogP contribution is 2.17. The first-order valence-corrected chi connectivity index (χ1v) is 5.82. The summed E-state index contributed by atoms with van der Waals surface area (Å²) in [7, 11) is 0. The van der Waals surface area contributed by atoms with Crippen LogP contribution in [0.2, 0.25) is 0 Å². The molecule has 3 nitrogen and oxygen atoms in total. The summed E-state index contributed by atoms with van der Waals surface area (Å²) in [5.74, 6) is 0. The van der Waals surface area contributed by atoms with Crippen LogP contribution in [0.15, 0.2) is 12.2 Å². The van der Waals surface area contributed by atoms with Crippen molar-refractivity contribution in [3.63, 3.8) is 0 Å². The van der Waals surface area contributed by atoms with Crippen molar-refractivity contribution in [2.45, 2.75) is 44.8 Å². The highest BCUT2D eigenvalue weighted by atomic mass is 16.5. The molecule has 0 atom stereocenters. The van der Waals surface area contributed by atoms with E-state index in [-0.39, 0.29) is 6.10 Å². The Hall–Kier alpha value is -0.380. The highest BCUT2D eigenvalue weighted by molar-refractivity contribution is 4.87. The molecule has 0 spiro atoms. The minimum Gasteiger partial charge on any atom is -0.393 e. The van der Waals surface area contributed by atoms with Gasteiger partial charge in [0.1, 0.15) is 0 Å². The number of aliphatic hydroxyl groups is 1. The summed E-state index contributed by atoms with van der Waals surface area (Å²) in [6, 6.07) is 0.571. The number of ether oxygens (including phenoxy) is 1. The zero-order valence-corrected chi connectivity index (χ0v) is 9.67. The van der Waals surface area contributed by atoms with Gasteiger partial charge < -0.3 is 15.2 Å². The first kappa shape index (κ1) is 12.7. The average molecular weight is 213 g/mol. The normalized spacial score (nSPS) is 26.5. The molecule has 0 saturated heterocycles. The van der Waals surface area contributed by atoms with E-state index in [0.29, 0.717) is 12.6 Å². The van der Waals surface area contributed by atoms with E-state index in [2.05, 4.69) is 11.9 Å². The number of hydrogen-bond acceptors (Lipinski definition) is 3. The smallest absolute Gasteiger partial charge is 0.0672 e. The summed E-state index contributed by atoms with van der Waals surface area (Å²) < 4.78 is 5.40. The molecule has 0 radical (unpaired) electrons. The van der Waals surface area contributed by atoms with E-state index < -0.39 is 0 Å². The second kappa shape index (κ2) is 6.99. The summed E-state index contributed by atoms with van der Waals surface area (Å²) in [5.41, 5.74) is 1.07. The van der Waals surface area contributed by atoms with E-state index in [1.54, 1.807) is 0 Å². The molecule has 0 bridgehead atoms. The zero-order chi connectivity index (χ0) is 11.1. The lowest BCUT2D eigenvalue weighted by molar-refractivity contribution is 0.111. The monoisotopic (exact) mass is 213 g/mol. The van der Waals surface area contributed by atoms with E-state index in [1.807, 2.05) is 6.92 Å². The van der Waals surface area contributed by atoms with Crippen LogP contribution >= 0.6 is 0 Å². The first-order valence-electron chi connectivity index (χ1n) is 5.82. The average Bonchev–Trinajstić information content (AvgIpc) is 2.20. The predicted molar refractivity (Wildman–Crippen MR) is 61.9 cm³/mol. The summed E-state index contributed by atoms with van der Waals surface area (Å²) in [6.07, 6.45) is 3.97. The Bertz CT molecular complexity index is 186. The Morgan fingerprint density at radius 2 is 2.07 bits per heavy atom. The molecular weight excluding hydrogens is 190 g/mol. The van der Waals surface area contributed by atoms with Crippen LogP contribution in [0, 0.1) is 0 Å². The van der Waals surface area contributed by atoms with Crippen molar-refractivity contribution in [3.05, 3.63) is 12.2 Å². The van der Waals surface area contributed by atoms with Crippen molar-refractivity contribution < 1.29 is 9.84 Å². The fourth-order valence-corrected chi connectivity index (χ4v) is 1.86. The van der Waals surface area contributed by atoms with Gasteiger partial charge in [-0.2, -0.15) is 0 Å². The molecule has 2 N–H and O–H groups in total. The SMILES string of the molecule is C=C(C)COCCNC1CCC(O)CC1. The van der Waals surface area contributed by atoms with Gasteiger partial charge in [-0.25, -0.2) is 0 Å². The molecule has 1 rings (SSSR count). The van der Waals surface area contributed by atoms with Gasteiger partial charge in [-0.3, -0.25) is 0 Å². The van der Waals surface area contributed by atoms with Crippen molar-refractivity contribution in [2.75, 3.05) is 19.8 Å². The summed E-state index contributed by atoms with van der Waals surface area (Å²) >= 11 is 0. The third-order valence-corrected chi connectivity index (χ3v) is 2.72. The molecule has 1 saturated carbocycles. The van der Waals surface area contributed by atoms with Gasteiger partial charge in [0.2, 0.25) is 0 Å². The Kier molecular flexibility index (Phi) is 5.91. The molecule has 0 aromatic carbocycles. The topological polar surface area (TPSA) is 41.5 Å². The molecule has 0 aliphatic heterocycles. The van der Waals surface area contributed by atoms with Gasteiger partial charge in [-0.05, 0) is 32.6 Å². The Morgan fingerprint density at radius 3 is 2.67 bits per heavy atom. The molecule has 1 aliphatic rings. The summed E-state index contributed by atoms with van der Waals surface area (Å²) in [5, 5.41) is 12.8. The van der Waals surface area contributed by atoms with Crippen LogP contribution < -0.4 is 5.32 Å². The lowest BCUT2D eigenvalue weighted by Crippen LogP contribution is -2.36. The highest BCUT2D eigenvalue weighted by Gasteiger charge is 2.18. The van der Waals surface area contributed by atoms with Gasteiger partial charge in [-0.1, -0.05) is 12.2 Å². The third-order valence-electron chi connectivity index (χ3n) is 2.72. The van der Waals surface area contributed by atoms with Gasteiger partial charge in [0, 0.05) is 12.6 Å². The molecule has 1 aliphatic carbocycles. The van der Waals surface area contributed by atoms with Gasteiger partial charge in [0.25, 0.3) is 0 Å². The van der Waals surface area contributed by atoms with Gasteiger partial charge in [0.15, 0.2) is 0 Å². The number of hydrogen-bond donors (Lipinski definition) is 2. The number of rotatable bonds is 6. The molecule has 1 fully saturated rings. The maximum Gasteiger partial charge on any atom is 0.0672 e. The van der Waals surface area contributed by atoms with Crippen LogP contribution in [0.4, 0.5) is 0 Å². The third kappa shape index (κ3) is 5.92. The molecule has 0 heterocycles. The van der Waals surface area contributed by atoms with Crippen molar-refractivity contribution in [2.24, 2.45) is 0 Å². The van der Waals surface area contributed by atoms with E-state index in [0.717, 1.165) is 44.4 Å². The van der Waals surface area contributed by atoms with Gasteiger partial charge in [0.05, 0.1) is 19.3 Å². The van der Waals surface area contributed by atoms with E-state index >= 15 is 0 Å². The lowest BCUT2D eigenvalue weighted by atomic mass is 9.93. The molecule has 0 aromatic heterocycles. The van der Waals surface area contributed by atoms with Gasteiger partial charge >= 0.3 is 0 Å². The lowest BCUT2D eigenvalue weighted by Gasteiger charge is -2.26. The number of aliphatic hydroxyl groups excluding tert-OH is 1. The van der Waals surface area contributed by atoms with Crippen LogP contribution in [0.1, 0.15) is 32.6 Å². The maximum absolute atomic E-state index is 9.34. The van der Waals surface area contributed by atoms with Crippen molar-refractivity contribution in [1.82, 2.24) is 5.32 Å². The quantitative estimate of drug-likeness (QED) is 0.518. The molecule has 15 heavy (non-hydrogen) atoms. The predicted octanol–water partition coefficient (Wildman–Crippen LogP) is 1.47. The standard InChI is InChI=1S/C12H23NO2/c1-10(2)9-15-8-7-13-11-3-5-12(14)6-4-11/h11-14H,1,3-9H2,2H3. The van der Waals surface area contributed by atoms with Crippen LogP contribution in [-0.2, 0) is 4.74 Å². The molecule has 0 aromatic rings. The molecular formula is C12H23NO2. The fraction of sp³-hybridized carbons (Fsp3) is 0.833. The van der Waals surface area contributed by atoms with Crippen molar-refractivity contribution in [1.29, 1.82) is 0 Å². The van der Waals surface area contributed by atoms with Crippen LogP contribution in [0.25, 0.3) is 0 Å². The van der Waals surface area contributed by atoms with E-state index in [1.165, 1.54) is 0 Å². The fourth-order valence-electron chi connectivity index (χ4n) is 1.86. The summed E-state index contributed by atoms with van der Waals surface area (Å²) in [6.45, 7) is 8.04. The van der Waals surface area contributed by atoms with Crippen LogP contribution in [0.3, 0.4) is 0 Å². The number of nitrogens with one attached hydrogen (secondary N) is 1. The molecule has 0 unspecified atom stereocenters. The van der Waals surface area contributed by atoms with E-state index in [9.17, 15) is 5.11 Å². The Labute approximate surface area is 92.5 Å². The molecule has 88 valence electrons. The van der Waals surface area contributed by atoms with Crippen molar-refractivity contribution in [3.8, 4) is 0 Å². The zero-order valence-electron chi connectivity index (χ0n) is 9.67. The molecule has 0 amide bonds. The Balaban J connectivity index is 1.94. The second-order valence-corrected chi connectivity index (χ2v) is 4.47. The summed E-state index contributed by atoms with van der Waals surface area (Å²) in [4.78, 5) is 0.